The van der Waals surface area contributed by atoms with Gasteiger partial charge in [-0.15, -0.1) is 0 Å². The molecule has 0 nitrogen and oxygen atoms in total. The third-order valence-corrected chi connectivity index (χ3v) is 6.40. The summed E-state index contributed by atoms with van der Waals surface area (Å²) in [6.07, 6.45) is 1.30. The number of aryl methyl sites for hydroxylation is 2. The molecule has 0 unspecified atom stereocenters. The molecule has 0 radical (unpaired) electrons. The van der Waals surface area contributed by atoms with E-state index < -0.39 is 0 Å². The Labute approximate surface area is 128 Å². The van der Waals surface area contributed by atoms with Crippen LogP contribution in [-0.4, -0.2) is 0 Å². The highest BCUT2D eigenvalue weighted by molar-refractivity contribution is 5.66. The van der Waals surface area contributed by atoms with Gasteiger partial charge < -0.3 is 0 Å². The molecule has 2 bridgehead atoms. The first-order valence-electron chi connectivity index (χ1n) is 8.13. The lowest BCUT2D eigenvalue weighted by Gasteiger charge is -2.26. The lowest BCUT2D eigenvalue weighted by atomic mass is 9.78. The van der Waals surface area contributed by atoms with E-state index in [-0.39, 0.29) is 0 Å². The first kappa shape index (κ1) is 13.1. The Morgan fingerprint density at radius 2 is 1.05 bits per heavy atom. The SMILES string of the molecule is Cc1cc2c(c(C)c1C)C1CC2c2cc(C)c(C)c(C)c21. The summed E-state index contributed by atoms with van der Waals surface area (Å²) in [6, 6.07) is 4.94. The molecule has 108 valence electrons. The highest BCUT2D eigenvalue weighted by Crippen LogP contribution is 2.59. The van der Waals surface area contributed by atoms with Crippen LogP contribution in [0.5, 0.6) is 0 Å². The molecular weight excluding hydrogens is 252 g/mol. The van der Waals surface area contributed by atoms with Gasteiger partial charge in [0.25, 0.3) is 0 Å². The predicted molar refractivity (Wildman–Crippen MR) is 89.6 cm³/mol. The average molecular weight is 276 g/mol. The summed E-state index contributed by atoms with van der Waals surface area (Å²) in [5, 5.41) is 0. The monoisotopic (exact) mass is 276 g/mol. The quantitative estimate of drug-likeness (QED) is 0.594. The fraction of sp³-hybridized carbons (Fsp3) is 0.429. The van der Waals surface area contributed by atoms with Gasteiger partial charge in [-0.1, -0.05) is 12.1 Å². The molecule has 0 N–H and O–H groups in total. The van der Waals surface area contributed by atoms with Crippen molar-refractivity contribution in [2.45, 2.75) is 59.8 Å². The zero-order valence-corrected chi connectivity index (χ0v) is 14.0. The third kappa shape index (κ3) is 1.46. The topological polar surface area (TPSA) is 0 Å². The molecule has 2 aliphatic carbocycles. The van der Waals surface area contributed by atoms with E-state index in [1.165, 1.54) is 28.7 Å². The zero-order valence-electron chi connectivity index (χ0n) is 14.0. The Balaban J connectivity index is 2.03. The molecule has 0 heterocycles. The number of fused-ring (bicyclic) bond motifs is 8. The summed E-state index contributed by atoms with van der Waals surface area (Å²) < 4.78 is 0. The normalized spacial score (nSPS) is 21.6. The molecule has 2 aliphatic rings. The maximum Gasteiger partial charge on any atom is 0.0110 e. The van der Waals surface area contributed by atoms with Crippen molar-refractivity contribution in [3.05, 3.63) is 67.8 Å². The van der Waals surface area contributed by atoms with Crippen molar-refractivity contribution in [3.8, 4) is 0 Å². The van der Waals surface area contributed by atoms with E-state index >= 15 is 0 Å². The number of rotatable bonds is 0. The van der Waals surface area contributed by atoms with Crippen LogP contribution in [0.25, 0.3) is 0 Å². The summed E-state index contributed by atoms with van der Waals surface area (Å²) in [7, 11) is 0. The van der Waals surface area contributed by atoms with E-state index in [0.717, 1.165) is 0 Å². The molecule has 2 aromatic carbocycles. The molecular formula is C21H24. The Kier molecular flexibility index (Phi) is 2.50. The first-order valence-corrected chi connectivity index (χ1v) is 8.13. The second-order valence-electron chi connectivity index (χ2n) is 7.23. The van der Waals surface area contributed by atoms with Crippen LogP contribution < -0.4 is 0 Å². The van der Waals surface area contributed by atoms with Crippen LogP contribution in [0.3, 0.4) is 0 Å². The van der Waals surface area contributed by atoms with Crippen molar-refractivity contribution in [3.63, 3.8) is 0 Å². The van der Waals surface area contributed by atoms with Gasteiger partial charge in [0, 0.05) is 11.8 Å². The van der Waals surface area contributed by atoms with Crippen LogP contribution in [0.2, 0.25) is 0 Å². The van der Waals surface area contributed by atoms with Gasteiger partial charge in [-0.2, -0.15) is 0 Å². The lowest BCUT2D eigenvalue weighted by Crippen LogP contribution is -2.10. The highest BCUT2D eigenvalue weighted by Gasteiger charge is 2.43. The molecule has 4 rings (SSSR count). The van der Waals surface area contributed by atoms with Crippen molar-refractivity contribution in [1.82, 2.24) is 0 Å². The Morgan fingerprint density at radius 3 is 1.48 bits per heavy atom. The summed E-state index contributed by atoms with van der Waals surface area (Å²) in [5.41, 5.74) is 15.5. The second-order valence-corrected chi connectivity index (χ2v) is 7.23. The van der Waals surface area contributed by atoms with Crippen LogP contribution in [0.4, 0.5) is 0 Å². The second kappa shape index (κ2) is 4.00. The minimum absolute atomic E-state index is 0.649. The summed E-state index contributed by atoms with van der Waals surface area (Å²) in [6.45, 7) is 13.8. The van der Waals surface area contributed by atoms with E-state index in [2.05, 4.69) is 53.7 Å². The average Bonchev–Trinajstić information content (AvgIpc) is 2.98. The van der Waals surface area contributed by atoms with E-state index in [1.807, 2.05) is 0 Å². The van der Waals surface area contributed by atoms with E-state index in [0.29, 0.717) is 11.8 Å². The molecule has 0 atom stereocenters. The molecule has 0 saturated heterocycles. The Bertz CT molecular complexity index is 727. The van der Waals surface area contributed by atoms with Gasteiger partial charge in [0.15, 0.2) is 0 Å². The van der Waals surface area contributed by atoms with Gasteiger partial charge in [0.2, 0.25) is 0 Å². The minimum atomic E-state index is 0.649. The van der Waals surface area contributed by atoms with Crippen molar-refractivity contribution in [2.24, 2.45) is 0 Å². The molecule has 0 spiro atoms. The van der Waals surface area contributed by atoms with Crippen LogP contribution in [0.15, 0.2) is 12.1 Å². The minimum Gasteiger partial charge on any atom is -0.0549 e. The standard InChI is InChI=1S/C21H24/c1-10-7-17-16-9-19(20(17)14(5)12(10)3)21-15(6)13(4)11(2)8-18(16)21/h7-8,16,19H,9H2,1-6H3. The van der Waals surface area contributed by atoms with Crippen molar-refractivity contribution in [1.29, 1.82) is 0 Å². The first-order chi connectivity index (χ1) is 9.91. The van der Waals surface area contributed by atoms with Gasteiger partial charge in [0.1, 0.15) is 0 Å². The maximum atomic E-state index is 2.47. The molecule has 0 aliphatic heterocycles. The van der Waals surface area contributed by atoms with Crippen LogP contribution >= 0.6 is 0 Å². The Hall–Kier alpha value is -1.56. The van der Waals surface area contributed by atoms with Gasteiger partial charge in [0.05, 0.1) is 0 Å². The molecule has 0 aromatic heterocycles. The fourth-order valence-corrected chi connectivity index (χ4v) is 4.81. The van der Waals surface area contributed by atoms with Gasteiger partial charge in [-0.05, 0) is 104 Å². The van der Waals surface area contributed by atoms with Crippen molar-refractivity contribution < 1.29 is 0 Å². The largest absolute Gasteiger partial charge is 0.0549 e. The van der Waals surface area contributed by atoms with Crippen molar-refractivity contribution in [2.75, 3.05) is 0 Å². The van der Waals surface area contributed by atoms with E-state index in [4.69, 9.17) is 0 Å². The number of hydrogen-bond acceptors (Lipinski definition) is 0. The summed E-state index contributed by atoms with van der Waals surface area (Å²) in [4.78, 5) is 0. The van der Waals surface area contributed by atoms with Crippen LogP contribution in [0.1, 0.15) is 73.9 Å². The summed E-state index contributed by atoms with van der Waals surface area (Å²) in [5.74, 6) is 1.30. The molecule has 2 aromatic rings. The molecule has 0 amide bonds. The fourth-order valence-electron chi connectivity index (χ4n) is 4.81. The molecule has 0 heteroatoms. The molecule has 0 fully saturated rings. The third-order valence-electron chi connectivity index (χ3n) is 6.40. The molecule has 21 heavy (non-hydrogen) atoms. The van der Waals surface area contributed by atoms with E-state index in [9.17, 15) is 0 Å². The Morgan fingerprint density at radius 1 is 0.619 bits per heavy atom. The van der Waals surface area contributed by atoms with Gasteiger partial charge in [-0.3, -0.25) is 0 Å². The van der Waals surface area contributed by atoms with Crippen LogP contribution in [-0.2, 0) is 0 Å². The number of benzene rings is 2. The summed E-state index contributed by atoms with van der Waals surface area (Å²) >= 11 is 0. The smallest absolute Gasteiger partial charge is 0.0110 e. The zero-order chi connectivity index (χ0) is 15.0. The maximum absolute atomic E-state index is 2.47. The van der Waals surface area contributed by atoms with Gasteiger partial charge in [-0.25, -0.2) is 0 Å². The lowest BCUT2D eigenvalue weighted by molar-refractivity contribution is 0.792. The molecule has 0 saturated carbocycles. The van der Waals surface area contributed by atoms with Gasteiger partial charge >= 0.3 is 0 Å². The predicted octanol–water partition coefficient (Wildman–Crippen LogP) is 5.52. The highest BCUT2D eigenvalue weighted by atomic mass is 14.5. The van der Waals surface area contributed by atoms with E-state index in [1.54, 1.807) is 33.4 Å². The number of hydrogen-bond donors (Lipinski definition) is 0. The van der Waals surface area contributed by atoms with Crippen LogP contribution in [0, 0.1) is 41.5 Å². The van der Waals surface area contributed by atoms with Crippen molar-refractivity contribution >= 4 is 0 Å².